The highest BCUT2D eigenvalue weighted by atomic mass is 16.5. The van der Waals surface area contributed by atoms with E-state index in [-0.39, 0.29) is 12.5 Å². The van der Waals surface area contributed by atoms with Crippen molar-refractivity contribution < 1.29 is 9.53 Å². The minimum Gasteiger partial charge on any atom is -0.484 e. The van der Waals surface area contributed by atoms with Crippen LogP contribution in [-0.4, -0.2) is 18.2 Å². The first-order chi connectivity index (χ1) is 11.9. The summed E-state index contributed by atoms with van der Waals surface area (Å²) in [5, 5.41) is 13.0. The Kier molecular flexibility index (Phi) is 6.58. The molecule has 0 unspecified atom stereocenters. The molecular weight excluding hydrogens is 314 g/mol. The van der Waals surface area contributed by atoms with E-state index < -0.39 is 0 Å². The monoisotopic (exact) mass is 341 g/mol. The number of amides is 1. The second-order valence-electron chi connectivity index (χ2n) is 7.25. The first kappa shape index (κ1) is 19.0. The van der Waals surface area contributed by atoms with Gasteiger partial charge in [-0.05, 0) is 61.3 Å². The van der Waals surface area contributed by atoms with Crippen molar-refractivity contribution in [2.24, 2.45) is 16.4 Å². The van der Waals surface area contributed by atoms with Gasteiger partial charge in [-0.15, -0.1) is 0 Å². The number of rotatable bonds is 6. The SMILES string of the molecule is CCC(C)(C)C1CCC(=NNC(=O)COc2ccc(C#N)cc2)CC1. The molecule has 0 spiro atoms. The summed E-state index contributed by atoms with van der Waals surface area (Å²) in [5.41, 5.74) is 4.59. The van der Waals surface area contributed by atoms with Gasteiger partial charge in [0.1, 0.15) is 5.75 Å². The molecule has 0 atom stereocenters. The average Bonchev–Trinajstić information content (AvgIpc) is 2.65. The molecule has 1 aromatic rings. The predicted octanol–water partition coefficient (Wildman–Crippen LogP) is 4.04. The van der Waals surface area contributed by atoms with Crippen LogP contribution in [0.25, 0.3) is 0 Å². The van der Waals surface area contributed by atoms with Crippen molar-refractivity contribution in [3.63, 3.8) is 0 Å². The fourth-order valence-corrected chi connectivity index (χ4v) is 3.08. The molecule has 0 saturated heterocycles. The number of nitrogens with zero attached hydrogens (tertiary/aromatic N) is 2. The maximum absolute atomic E-state index is 11.9. The fraction of sp³-hybridized carbons (Fsp3) is 0.550. The van der Waals surface area contributed by atoms with Crippen molar-refractivity contribution in [1.82, 2.24) is 5.43 Å². The van der Waals surface area contributed by atoms with Gasteiger partial charge in [0.15, 0.2) is 6.61 Å². The van der Waals surface area contributed by atoms with Crippen molar-refractivity contribution >= 4 is 11.6 Å². The molecule has 25 heavy (non-hydrogen) atoms. The Labute approximate surface area is 150 Å². The Morgan fingerprint density at radius 2 is 1.96 bits per heavy atom. The summed E-state index contributed by atoms with van der Waals surface area (Å²) in [6.07, 6.45) is 5.36. The Morgan fingerprint density at radius 3 is 2.52 bits per heavy atom. The van der Waals surface area contributed by atoms with E-state index in [1.54, 1.807) is 24.3 Å². The lowest BCUT2D eigenvalue weighted by atomic mass is 9.69. The number of nitriles is 1. The van der Waals surface area contributed by atoms with Gasteiger partial charge in [-0.2, -0.15) is 10.4 Å². The third kappa shape index (κ3) is 5.60. The molecule has 0 radical (unpaired) electrons. The third-order valence-corrected chi connectivity index (χ3v) is 5.27. The van der Waals surface area contributed by atoms with E-state index in [0.29, 0.717) is 16.7 Å². The first-order valence-corrected chi connectivity index (χ1v) is 8.92. The van der Waals surface area contributed by atoms with E-state index in [0.717, 1.165) is 37.3 Å². The Morgan fingerprint density at radius 1 is 1.32 bits per heavy atom. The van der Waals surface area contributed by atoms with Crippen LogP contribution < -0.4 is 10.2 Å². The Bertz CT molecular complexity index is 647. The van der Waals surface area contributed by atoms with E-state index in [4.69, 9.17) is 10.00 Å². The number of hydrazone groups is 1. The Hall–Kier alpha value is -2.35. The van der Waals surface area contributed by atoms with Crippen molar-refractivity contribution in [2.45, 2.75) is 52.9 Å². The fourth-order valence-electron chi connectivity index (χ4n) is 3.08. The van der Waals surface area contributed by atoms with Gasteiger partial charge in [-0.1, -0.05) is 27.2 Å². The lowest BCUT2D eigenvalue weighted by molar-refractivity contribution is -0.123. The van der Waals surface area contributed by atoms with E-state index in [9.17, 15) is 4.79 Å². The number of nitrogens with one attached hydrogen (secondary N) is 1. The highest BCUT2D eigenvalue weighted by molar-refractivity contribution is 5.87. The molecule has 1 amide bonds. The number of benzene rings is 1. The van der Waals surface area contributed by atoms with Crippen LogP contribution in [0, 0.1) is 22.7 Å². The summed E-state index contributed by atoms with van der Waals surface area (Å²) >= 11 is 0. The second kappa shape index (κ2) is 8.66. The summed E-state index contributed by atoms with van der Waals surface area (Å²) in [6.45, 7) is 6.83. The van der Waals surface area contributed by atoms with Gasteiger partial charge in [0.25, 0.3) is 5.91 Å². The molecule has 2 rings (SSSR count). The zero-order valence-electron chi connectivity index (χ0n) is 15.3. The molecule has 1 fully saturated rings. The summed E-state index contributed by atoms with van der Waals surface area (Å²) in [6, 6.07) is 8.70. The molecule has 5 heteroatoms. The van der Waals surface area contributed by atoms with E-state index in [1.807, 2.05) is 6.07 Å². The third-order valence-electron chi connectivity index (χ3n) is 5.27. The van der Waals surface area contributed by atoms with E-state index in [2.05, 4.69) is 31.3 Å². The molecule has 1 aliphatic rings. The van der Waals surface area contributed by atoms with Gasteiger partial charge < -0.3 is 4.74 Å². The number of ether oxygens (including phenoxy) is 1. The number of hydrogen-bond donors (Lipinski definition) is 1. The topological polar surface area (TPSA) is 74.5 Å². The first-order valence-electron chi connectivity index (χ1n) is 8.92. The smallest absolute Gasteiger partial charge is 0.277 e. The standard InChI is InChI=1S/C20H27N3O2/c1-4-20(2,3)16-7-9-17(10-8-16)22-23-19(24)14-25-18-11-5-15(13-21)6-12-18/h5-6,11-12,16H,4,7-10,14H2,1-3H3,(H,23,24). The predicted molar refractivity (Wildman–Crippen MR) is 98.3 cm³/mol. The molecule has 1 aromatic carbocycles. The molecule has 0 bridgehead atoms. The molecule has 0 heterocycles. The van der Waals surface area contributed by atoms with Gasteiger partial charge in [0.05, 0.1) is 11.6 Å². The zero-order valence-corrected chi connectivity index (χ0v) is 15.3. The number of hydrogen-bond acceptors (Lipinski definition) is 4. The summed E-state index contributed by atoms with van der Waals surface area (Å²) < 4.78 is 5.39. The molecule has 5 nitrogen and oxygen atoms in total. The lowest BCUT2D eigenvalue weighted by Crippen LogP contribution is -2.30. The molecule has 134 valence electrons. The molecule has 0 aromatic heterocycles. The van der Waals surface area contributed by atoms with Crippen LogP contribution in [0.1, 0.15) is 58.4 Å². The van der Waals surface area contributed by atoms with Gasteiger partial charge in [0, 0.05) is 5.71 Å². The number of carbonyl (C=O) groups is 1. The molecule has 1 aliphatic carbocycles. The summed E-state index contributed by atoms with van der Waals surface area (Å²) in [4.78, 5) is 11.9. The van der Waals surface area contributed by atoms with Gasteiger partial charge >= 0.3 is 0 Å². The molecule has 1 saturated carbocycles. The van der Waals surface area contributed by atoms with E-state index in [1.165, 1.54) is 6.42 Å². The van der Waals surface area contributed by atoms with Crippen LogP contribution in [-0.2, 0) is 4.79 Å². The maximum atomic E-state index is 11.9. The summed E-state index contributed by atoms with van der Waals surface area (Å²) in [7, 11) is 0. The molecule has 0 aliphatic heterocycles. The maximum Gasteiger partial charge on any atom is 0.277 e. The second-order valence-corrected chi connectivity index (χ2v) is 7.25. The highest BCUT2D eigenvalue weighted by Crippen LogP contribution is 2.39. The zero-order chi connectivity index (χ0) is 18.3. The Balaban J connectivity index is 1.74. The summed E-state index contributed by atoms with van der Waals surface area (Å²) in [5.74, 6) is 1.02. The van der Waals surface area contributed by atoms with Crippen LogP contribution in [0.3, 0.4) is 0 Å². The lowest BCUT2D eigenvalue weighted by Gasteiger charge is -2.36. The van der Waals surface area contributed by atoms with Gasteiger partial charge in [-0.25, -0.2) is 5.43 Å². The highest BCUT2D eigenvalue weighted by Gasteiger charge is 2.30. The van der Waals surface area contributed by atoms with Crippen LogP contribution >= 0.6 is 0 Å². The molecule has 1 N–H and O–H groups in total. The van der Waals surface area contributed by atoms with Crippen molar-refractivity contribution in [1.29, 1.82) is 5.26 Å². The largest absolute Gasteiger partial charge is 0.484 e. The van der Waals surface area contributed by atoms with Crippen LogP contribution in [0.5, 0.6) is 5.75 Å². The van der Waals surface area contributed by atoms with Crippen molar-refractivity contribution in [2.75, 3.05) is 6.61 Å². The minimum absolute atomic E-state index is 0.0891. The minimum atomic E-state index is -0.270. The quantitative estimate of drug-likeness (QED) is 0.794. The van der Waals surface area contributed by atoms with Crippen LogP contribution in [0.4, 0.5) is 0 Å². The average molecular weight is 341 g/mol. The van der Waals surface area contributed by atoms with Crippen molar-refractivity contribution in [3.8, 4) is 11.8 Å². The number of carbonyl (C=O) groups excluding carboxylic acids is 1. The van der Waals surface area contributed by atoms with Gasteiger partial charge in [0.2, 0.25) is 0 Å². The van der Waals surface area contributed by atoms with Crippen molar-refractivity contribution in [3.05, 3.63) is 29.8 Å². The van der Waals surface area contributed by atoms with Crippen LogP contribution in [0.15, 0.2) is 29.4 Å². The van der Waals surface area contributed by atoms with Crippen LogP contribution in [0.2, 0.25) is 0 Å². The normalized spacial score (nSPS) is 17.5. The molecular formula is C20H27N3O2. The van der Waals surface area contributed by atoms with E-state index >= 15 is 0 Å². The van der Waals surface area contributed by atoms with Gasteiger partial charge in [-0.3, -0.25) is 4.79 Å².